The number of hydrogen-bond donors (Lipinski definition) is 1. The Balaban J connectivity index is 1.81. The van der Waals surface area contributed by atoms with Crippen LogP contribution in [0.15, 0.2) is 53.6 Å². The van der Waals surface area contributed by atoms with Gasteiger partial charge in [-0.25, -0.2) is 0 Å². The molecule has 3 aromatic rings. The number of nitrogens with zero attached hydrogens (tertiary/aromatic N) is 3. The summed E-state index contributed by atoms with van der Waals surface area (Å²) >= 11 is 0. The molecule has 2 amide bonds. The Labute approximate surface area is 163 Å². The first-order valence-corrected chi connectivity index (χ1v) is 8.42. The number of phenolic OH excluding ortho intramolecular Hbond substituents is 1. The predicted molar refractivity (Wildman–Crippen MR) is 103 cm³/mol. The lowest BCUT2D eigenvalue weighted by Crippen LogP contribution is -2.36. The quantitative estimate of drug-likeness (QED) is 0.316. The topological polar surface area (TPSA) is 122 Å². The second-order valence-corrected chi connectivity index (χ2v) is 6.21. The molecule has 0 radical (unpaired) electrons. The molecule has 0 saturated carbocycles. The highest BCUT2D eigenvalue weighted by molar-refractivity contribution is 6.26. The van der Waals surface area contributed by atoms with Crippen molar-refractivity contribution in [3.05, 3.63) is 75.3 Å². The van der Waals surface area contributed by atoms with Crippen LogP contribution >= 0.6 is 0 Å². The second-order valence-electron chi connectivity index (χ2n) is 6.21. The monoisotopic (exact) mass is 391 g/mol. The molecule has 9 nitrogen and oxygen atoms in total. The van der Waals surface area contributed by atoms with Crippen molar-refractivity contribution in [2.24, 2.45) is 5.10 Å². The van der Waals surface area contributed by atoms with E-state index in [0.29, 0.717) is 10.8 Å². The zero-order chi connectivity index (χ0) is 20.7. The van der Waals surface area contributed by atoms with Gasteiger partial charge in [-0.15, -0.1) is 0 Å². The van der Waals surface area contributed by atoms with Gasteiger partial charge in [-0.2, -0.15) is 10.1 Å². The Morgan fingerprint density at radius 1 is 1.10 bits per heavy atom. The number of carbonyl (C=O) groups is 2. The van der Waals surface area contributed by atoms with E-state index in [4.69, 9.17) is 4.74 Å². The summed E-state index contributed by atoms with van der Waals surface area (Å²) in [6.45, 7) is 0. The van der Waals surface area contributed by atoms with Crippen molar-refractivity contribution in [3.63, 3.8) is 0 Å². The number of benzene rings is 3. The Hall–Kier alpha value is -4.27. The standard InChI is InChI=1S/C20H13N3O6/c1-29-12-5-8-17(24)11(9-12)10-21-22-19(25)14-4-2-3-13-16(23(27)28)7-6-15(18(13)14)20(22)26/h2-10,24H,1H3. The van der Waals surface area contributed by atoms with Crippen LogP contribution in [0.3, 0.4) is 0 Å². The Morgan fingerprint density at radius 2 is 1.83 bits per heavy atom. The Bertz CT molecular complexity index is 1210. The molecule has 1 aliphatic rings. The summed E-state index contributed by atoms with van der Waals surface area (Å²) in [5, 5.41) is 26.3. The minimum absolute atomic E-state index is 0.107. The third kappa shape index (κ3) is 2.85. The van der Waals surface area contributed by atoms with Gasteiger partial charge in [0.05, 0.1) is 34.8 Å². The summed E-state index contributed by atoms with van der Waals surface area (Å²) < 4.78 is 5.08. The van der Waals surface area contributed by atoms with E-state index in [9.17, 15) is 24.8 Å². The average Bonchev–Trinajstić information content (AvgIpc) is 2.72. The van der Waals surface area contributed by atoms with Gasteiger partial charge in [0.2, 0.25) is 0 Å². The molecule has 0 bridgehead atoms. The third-order valence-electron chi connectivity index (χ3n) is 4.61. The Morgan fingerprint density at radius 3 is 2.52 bits per heavy atom. The van der Waals surface area contributed by atoms with Gasteiger partial charge >= 0.3 is 0 Å². The van der Waals surface area contributed by atoms with Crippen LogP contribution < -0.4 is 4.74 Å². The van der Waals surface area contributed by atoms with Crippen molar-refractivity contribution in [3.8, 4) is 11.5 Å². The number of imide groups is 1. The van der Waals surface area contributed by atoms with E-state index in [1.165, 1.54) is 55.8 Å². The van der Waals surface area contributed by atoms with Gasteiger partial charge in [0.1, 0.15) is 11.5 Å². The summed E-state index contributed by atoms with van der Waals surface area (Å²) in [5.41, 5.74) is 0.322. The normalized spacial score (nSPS) is 13.3. The van der Waals surface area contributed by atoms with Gasteiger partial charge in [-0.1, -0.05) is 6.07 Å². The lowest BCUT2D eigenvalue weighted by Gasteiger charge is -2.23. The molecule has 144 valence electrons. The van der Waals surface area contributed by atoms with E-state index in [0.717, 1.165) is 0 Å². The zero-order valence-electron chi connectivity index (χ0n) is 15.0. The molecular weight excluding hydrogens is 378 g/mol. The summed E-state index contributed by atoms with van der Waals surface area (Å²) in [5.74, 6) is -1.08. The molecule has 0 atom stereocenters. The van der Waals surface area contributed by atoms with Gasteiger partial charge in [-0.3, -0.25) is 19.7 Å². The number of amides is 2. The summed E-state index contributed by atoms with van der Waals surface area (Å²) in [7, 11) is 1.46. The lowest BCUT2D eigenvalue weighted by atomic mass is 9.94. The molecule has 0 fully saturated rings. The number of phenols is 1. The lowest BCUT2D eigenvalue weighted by molar-refractivity contribution is -0.383. The fourth-order valence-electron chi connectivity index (χ4n) is 3.22. The van der Waals surface area contributed by atoms with Crippen LogP contribution in [0.5, 0.6) is 11.5 Å². The minimum Gasteiger partial charge on any atom is -0.507 e. The number of aromatic hydroxyl groups is 1. The highest BCUT2D eigenvalue weighted by Crippen LogP contribution is 2.35. The van der Waals surface area contributed by atoms with Crippen molar-refractivity contribution >= 4 is 34.5 Å². The maximum atomic E-state index is 12.9. The van der Waals surface area contributed by atoms with Crippen molar-refractivity contribution in [2.75, 3.05) is 7.11 Å². The first kappa shape index (κ1) is 18.1. The van der Waals surface area contributed by atoms with E-state index in [2.05, 4.69) is 5.10 Å². The number of rotatable bonds is 4. The maximum absolute atomic E-state index is 12.9. The molecule has 3 aromatic carbocycles. The summed E-state index contributed by atoms with van der Waals surface area (Å²) in [6, 6.07) is 11.5. The highest BCUT2D eigenvalue weighted by atomic mass is 16.6. The number of nitro groups is 1. The third-order valence-corrected chi connectivity index (χ3v) is 4.61. The van der Waals surface area contributed by atoms with Gasteiger partial charge < -0.3 is 9.84 Å². The molecule has 0 unspecified atom stereocenters. The highest BCUT2D eigenvalue weighted by Gasteiger charge is 2.34. The first-order valence-electron chi connectivity index (χ1n) is 8.42. The van der Waals surface area contributed by atoms with Gasteiger partial charge in [0.15, 0.2) is 0 Å². The first-order chi connectivity index (χ1) is 13.9. The van der Waals surface area contributed by atoms with Gasteiger partial charge in [-0.05, 0) is 36.4 Å². The molecule has 0 aromatic heterocycles. The van der Waals surface area contributed by atoms with Crippen LogP contribution in [-0.2, 0) is 0 Å². The number of hydrogen-bond acceptors (Lipinski definition) is 7. The largest absolute Gasteiger partial charge is 0.507 e. The summed E-state index contributed by atoms with van der Waals surface area (Å²) in [6.07, 6.45) is 1.17. The van der Waals surface area contributed by atoms with Gasteiger partial charge in [0.25, 0.3) is 17.5 Å². The molecule has 0 aliphatic carbocycles. The maximum Gasteiger partial charge on any atom is 0.282 e. The molecular formula is C20H13N3O6. The smallest absolute Gasteiger partial charge is 0.282 e. The molecule has 9 heteroatoms. The number of carbonyl (C=O) groups excluding carboxylic acids is 2. The molecule has 29 heavy (non-hydrogen) atoms. The molecule has 0 saturated heterocycles. The Kier molecular flexibility index (Phi) is 4.19. The van der Waals surface area contributed by atoms with E-state index in [1.807, 2.05) is 0 Å². The van der Waals surface area contributed by atoms with Crippen molar-refractivity contribution in [2.45, 2.75) is 0 Å². The zero-order valence-corrected chi connectivity index (χ0v) is 15.0. The van der Waals surface area contributed by atoms with Crippen LogP contribution in [0.25, 0.3) is 10.8 Å². The number of non-ortho nitro benzene ring substituents is 1. The van der Waals surface area contributed by atoms with Crippen LogP contribution in [-0.4, -0.2) is 40.2 Å². The van der Waals surface area contributed by atoms with Gasteiger partial charge in [0, 0.05) is 17.0 Å². The van der Waals surface area contributed by atoms with Crippen molar-refractivity contribution in [1.29, 1.82) is 0 Å². The number of nitro benzene ring substituents is 1. The van der Waals surface area contributed by atoms with E-state index in [-0.39, 0.29) is 38.9 Å². The SMILES string of the molecule is COc1ccc(O)c(C=NN2C(=O)c3cccc4c([N+](=O)[O-])ccc(c34)C2=O)c1. The minimum atomic E-state index is -0.716. The molecule has 4 rings (SSSR count). The number of ether oxygens (including phenoxy) is 1. The van der Waals surface area contributed by atoms with Crippen LogP contribution in [0, 0.1) is 10.1 Å². The van der Waals surface area contributed by atoms with Crippen LogP contribution in [0.4, 0.5) is 5.69 Å². The van der Waals surface area contributed by atoms with Crippen molar-refractivity contribution in [1.82, 2.24) is 5.01 Å². The number of methoxy groups -OCH3 is 1. The molecule has 1 heterocycles. The molecule has 1 aliphatic heterocycles. The van der Waals surface area contributed by atoms with E-state index >= 15 is 0 Å². The summed E-state index contributed by atoms with van der Waals surface area (Å²) in [4.78, 5) is 36.4. The van der Waals surface area contributed by atoms with E-state index in [1.54, 1.807) is 6.07 Å². The molecule has 1 N–H and O–H groups in total. The fraction of sp³-hybridized carbons (Fsp3) is 0.0500. The average molecular weight is 391 g/mol. The van der Waals surface area contributed by atoms with Crippen LogP contribution in [0.1, 0.15) is 26.3 Å². The van der Waals surface area contributed by atoms with Crippen molar-refractivity contribution < 1.29 is 24.4 Å². The molecule has 0 spiro atoms. The predicted octanol–water partition coefficient (Wildman–Crippen LogP) is 3.09. The number of hydrazone groups is 1. The van der Waals surface area contributed by atoms with E-state index < -0.39 is 16.7 Å². The fourth-order valence-corrected chi connectivity index (χ4v) is 3.22. The second kappa shape index (κ2) is 6.71. The van der Waals surface area contributed by atoms with Crippen LogP contribution in [0.2, 0.25) is 0 Å².